The number of aromatic nitrogens is 3. The Kier molecular flexibility index (Phi) is 3.45. The van der Waals surface area contributed by atoms with Crippen molar-refractivity contribution in [1.29, 1.82) is 0 Å². The number of ether oxygens (including phenoxy) is 1. The Morgan fingerprint density at radius 2 is 2.22 bits per heavy atom. The number of rotatable bonds is 3. The zero-order valence-electron chi connectivity index (χ0n) is 13.5. The Morgan fingerprint density at radius 3 is 2.96 bits per heavy atom. The molecule has 0 bridgehead atoms. The average Bonchev–Trinajstić information content (AvgIpc) is 3.32. The van der Waals surface area contributed by atoms with Gasteiger partial charge in [-0.05, 0) is 18.9 Å². The molecule has 0 aromatic carbocycles. The van der Waals surface area contributed by atoms with Crippen LogP contribution in [0.2, 0.25) is 0 Å². The molecule has 23 heavy (non-hydrogen) atoms. The highest BCUT2D eigenvalue weighted by Crippen LogP contribution is 2.40. The minimum absolute atomic E-state index is 0.00571. The lowest BCUT2D eigenvalue weighted by atomic mass is 10.2. The molecular formula is C16H21N5O2. The van der Waals surface area contributed by atoms with Gasteiger partial charge in [0.05, 0.1) is 18.8 Å². The third kappa shape index (κ3) is 2.65. The van der Waals surface area contributed by atoms with Crippen molar-refractivity contribution in [3.8, 4) is 0 Å². The van der Waals surface area contributed by atoms with E-state index >= 15 is 0 Å². The number of nitrogens with zero attached hydrogens (tertiary/aromatic N) is 5. The first-order valence-corrected chi connectivity index (χ1v) is 8.05. The van der Waals surface area contributed by atoms with E-state index in [0.29, 0.717) is 19.1 Å². The van der Waals surface area contributed by atoms with E-state index in [1.807, 2.05) is 10.7 Å². The Balaban J connectivity index is 1.64. The lowest BCUT2D eigenvalue weighted by Crippen LogP contribution is -2.49. The molecule has 0 radical (unpaired) electrons. The van der Waals surface area contributed by atoms with Gasteiger partial charge in [0.15, 0.2) is 11.9 Å². The summed E-state index contributed by atoms with van der Waals surface area (Å²) < 4.78 is 7.53. The SMILES string of the molecule is CN(C)C(=O)C1CN(c2nccn3nc(C4CC4)cc23)CCO1. The topological polar surface area (TPSA) is 63.0 Å². The van der Waals surface area contributed by atoms with Crippen LogP contribution in [0.15, 0.2) is 18.5 Å². The van der Waals surface area contributed by atoms with Crippen LogP contribution in [0, 0.1) is 0 Å². The van der Waals surface area contributed by atoms with E-state index in [1.54, 1.807) is 25.2 Å². The first-order valence-electron chi connectivity index (χ1n) is 8.05. The summed E-state index contributed by atoms with van der Waals surface area (Å²) in [5, 5.41) is 4.66. The Hall–Kier alpha value is -2.15. The summed E-state index contributed by atoms with van der Waals surface area (Å²) in [4.78, 5) is 20.4. The minimum Gasteiger partial charge on any atom is -0.365 e. The second-order valence-electron chi connectivity index (χ2n) is 6.46. The van der Waals surface area contributed by atoms with Gasteiger partial charge in [-0.3, -0.25) is 4.79 Å². The van der Waals surface area contributed by atoms with Crippen molar-refractivity contribution in [3.63, 3.8) is 0 Å². The summed E-state index contributed by atoms with van der Waals surface area (Å²) in [6.07, 6.45) is 5.66. The summed E-state index contributed by atoms with van der Waals surface area (Å²) in [7, 11) is 3.50. The highest BCUT2D eigenvalue weighted by atomic mass is 16.5. The molecule has 7 heteroatoms. The molecule has 2 aromatic heterocycles. The molecule has 0 spiro atoms. The van der Waals surface area contributed by atoms with Crippen LogP contribution < -0.4 is 4.90 Å². The van der Waals surface area contributed by atoms with Crippen LogP contribution in [0.3, 0.4) is 0 Å². The first-order chi connectivity index (χ1) is 11.1. The molecule has 122 valence electrons. The van der Waals surface area contributed by atoms with Crippen molar-refractivity contribution in [2.75, 3.05) is 38.7 Å². The monoisotopic (exact) mass is 315 g/mol. The molecule has 1 amide bonds. The average molecular weight is 315 g/mol. The number of carbonyl (C=O) groups is 1. The molecule has 1 unspecified atom stereocenters. The fourth-order valence-corrected chi connectivity index (χ4v) is 3.03. The molecule has 1 aliphatic carbocycles. The molecule has 1 saturated heterocycles. The van der Waals surface area contributed by atoms with Gasteiger partial charge in [0.25, 0.3) is 5.91 Å². The summed E-state index contributed by atoms with van der Waals surface area (Å²) in [6, 6.07) is 2.14. The minimum atomic E-state index is -0.438. The molecule has 3 heterocycles. The maximum atomic E-state index is 12.2. The summed E-state index contributed by atoms with van der Waals surface area (Å²) in [5.41, 5.74) is 2.15. The fraction of sp³-hybridized carbons (Fsp3) is 0.562. The van der Waals surface area contributed by atoms with Gasteiger partial charge in [0.2, 0.25) is 0 Å². The number of anilines is 1. The number of hydrogen-bond acceptors (Lipinski definition) is 5. The highest BCUT2D eigenvalue weighted by Gasteiger charge is 2.31. The number of amides is 1. The molecule has 2 aliphatic rings. The predicted octanol–water partition coefficient (Wildman–Crippen LogP) is 0.900. The quantitative estimate of drug-likeness (QED) is 0.842. The van der Waals surface area contributed by atoms with Gasteiger partial charge in [-0.15, -0.1) is 0 Å². The number of morpholine rings is 1. The van der Waals surface area contributed by atoms with Gasteiger partial charge in [0.1, 0.15) is 5.52 Å². The van der Waals surface area contributed by atoms with Crippen molar-refractivity contribution >= 4 is 17.2 Å². The largest absolute Gasteiger partial charge is 0.365 e. The van der Waals surface area contributed by atoms with Crippen molar-refractivity contribution in [2.45, 2.75) is 24.9 Å². The Labute approximate surface area is 134 Å². The van der Waals surface area contributed by atoms with Gasteiger partial charge in [-0.2, -0.15) is 5.10 Å². The smallest absolute Gasteiger partial charge is 0.253 e. The molecule has 0 N–H and O–H groups in total. The number of carbonyl (C=O) groups excluding carboxylic acids is 1. The third-order valence-corrected chi connectivity index (χ3v) is 4.47. The summed E-state index contributed by atoms with van der Waals surface area (Å²) in [5.74, 6) is 1.48. The van der Waals surface area contributed by atoms with Crippen LogP contribution >= 0.6 is 0 Å². The van der Waals surface area contributed by atoms with Crippen molar-refractivity contribution in [3.05, 3.63) is 24.2 Å². The van der Waals surface area contributed by atoms with E-state index in [9.17, 15) is 4.79 Å². The van der Waals surface area contributed by atoms with Crippen LogP contribution in [0.4, 0.5) is 5.82 Å². The van der Waals surface area contributed by atoms with Gasteiger partial charge in [-0.25, -0.2) is 9.50 Å². The van der Waals surface area contributed by atoms with Crippen LogP contribution in [-0.4, -0.2) is 65.3 Å². The van der Waals surface area contributed by atoms with Gasteiger partial charge in [0, 0.05) is 39.0 Å². The van der Waals surface area contributed by atoms with Gasteiger partial charge < -0.3 is 14.5 Å². The zero-order chi connectivity index (χ0) is 16.0. The molecular weight excluding hydrogens is 294 g/mol. The molecule has 7 nitrogen and oxygen atoms in total. The number of hydrogen-bond donors (Lipinski definition) is 0. The molecule has 1 atom stereocenters. The molecule has 2 fully saturated rings. The van der Waals surface area contributed by atoms with E-state index in [1.165, 1.54) is 12.8 Å². The zero-order valence-corrected chi connectivity index (χ0v) is 13.5. The molecule has 2 aromatic rings. The second kappa shape index (κ2) is 5.49. The molecule has 1 saturated carbocycles. The predicted molar refractivity (Wildman–Crippen MR) is 85.6 cm³/mol. The van der Waals surface area contributed by atoms with Crippen LogP contribution in [0.5, 0.6) is 0 Å². The van der Waals surface area contributed by atoms with Gasteiger partial charge >= 0.3 is 0 Å². The summed E-state index contributed by atoms with van der Waals surface area (Å²) in [6.45, 7) is 1.78. The molecule has 4 rings (SSSR count). The highest BCUT2D eigenvalue weighted by molar-refractivity contribution is 5.82. The van der Waals surface area contributed by atoms with Crippen molar-refractivity contribution < 1.29 is 9.53 Å². The summed E-state index contributed by atoms with van der Waals surface area (Å²) >= 11 is 0. The lowest BCUT2D eigenvalue weighted by Gasteiger charge is -2.34. The Bertz CT molecular complexity index is 737. The Morgan fingerprint density at radius 1 is 1.39 bits per heavy atom. The maximum Gasteiger partial charge on any atom is 0.253 e. The number of likely N-dealkylation sites (N-methyl/N-ethyl adjacent to an activating group) is 1. The number of fused-ring (bicyclic) bond motifs is 1. The maximum absolute atomic E-state index is 12.2. The van der Waals surface area contributed by atoms with E-state index in [4.69, 9.17) is 4.74 Å². The van der Waals surface area contributed by atoms with Crippen molar-refractivity contribution in [2.24, 2.45) is 0 Å². The molecule has 1 aliphatic heterocycles. The van der Waals surface area contributed by atoms with Crippen LogP contribution in [0.1, 0.15) is 24.5 Å². The van der Waals surface area contributed by atoms with Crippen molar-refractivity contribution in [1.82, 2.24) is 19.5 Å². The van der Waals surface area contributed by atoms with E-state index in [-0.39, 0.29) is 5.91 Å². The van der Waals surface area contributed by atoms with E-state index in [2.05, 4.69) is 21.0 Å². The fourth-order valence-electron chi connectivity index (χ4n) is 3.03. The third-order valence-electron chi connectivity index (χ3n) is 4.47. The van der Waals surface area contributed by atoms with E-state index in [0.717, 1.165) is 23.6 Å². The second-order valence-corrected chi connectivity index (χ2v) is 6.46. The van der Waals surface area contributed by atoms with Crippen LogP contribution in [0.25, 0.3) is 5.52 Å². The van der Waals surface area contributed by atoms with Crippen LogP contribution in [-0.2, 0) is 9.53 Å². The lowest BCUT2D eigenvalue weighted by molar-refractivity contribution is -0.141. The van der Waals surface area contributed by atoms with Gasteiger partial charge in [-0.1, -0.05) is 0 Å². The standard InChI is InChI=1S/C16H21N5O2/c1-19(2)16(22)14-10-20(7-8-23-14)15-13-9-12(11-3-4-11)18-21(13)6-5-17-15/h5-6,9,11,14H,3-4,7-8,10H2,1-2H3. The first kappa shape index (κ1) is 14.4. The van der Waals surface area contributed by atoms with E-state index < -0.39 is 6.10 Å². The normalized spacial score (nSPS) is 21.7.